The molecule has 1 unspecified atom stereocenters. The van der Waals surface area contributed by atoms with E-state index in [4.69, 9.17) is 0 Å². The average molecular weight is 740 g/mol. The van der Waals surface area contributed by atoms with Crippen LogP contribution in [0.1, 0.15) is 22.6 Å². The molecule has 0 saturated carbocycles. The zero-order valence-corrected chi connectivity index (χ0v) is 32.2. The minimum absolute atomic E-state index is 0.439. The van der Waals surface area contributed by atoms with Crippen molar-refractivity contribution in [1.82, 2.24) is 0 Å². The van der Waals surface area contributed by atoms with E-state index in [1.807, 2.05) is 0 Å². The average Bonchev–Trinajstić information content (AvgIpc) is 3.44. The van der Waals surface area contributed by atoms with Gasteiger partial charge in [-0.15, -0.1) is 0 Å². The highest BCUT2D eigenvalue weighted by Crippen LogP contribution is 2.50. The number of nitrogens with one attached hydrogen (secondary N) is 1. The third-order valence-electron chi connectivity index (χ3n) is 12.2. The summed E-state index contributed by atoms with van der Waals surface area (Å²) in [6.45, 7) is 0. The summed E-state index contributed by atoms with van der Waals surface area (Å²) in [5.74, 6) is 0.439. The molecule has 1 N–H and O–H groups in total. The van der Waals surface area contributed by atoms with Gasteiger partial charge in [-0.1, -0.05) is 176 Å². The van der Waals surface area contributed by atoms with Gasteiger partial charge in [-0.05, 0) is 133 Å². The molecule has 9 aromatic rings. The smallest absolute Gasteiger partial charge is 0.0543 e. The maximum absolute atomic E-state index is 4.01. The Bertz CT molecular complexity index is 2900. The standard InChI is InChI=1S/C57H41N/c1-4-15-38(16-5-1)31-46-32-43-21-10-11-22-48(43)54-36-41(27-29-49(46)54)42-28-30-56-55(37-42)52-24-13-12-23-51(52)53-26-14-25-50(57(53)58-56)47-34-44(39-17-6-2-7-18-39)33-45(35-47)40-19-8-3-9-20-40/h1-30,33-37,46,58H,31-32H2. The van der Waals surface area contributed by atoms with E-state index in [1.54, 1.807) is 0 Å². The van der Waals surface area contributed by atoms with Gasteiger partial charge in [0.25, 0.3) is 0 Å². The lowest BCUT2D eigenvalue weighted by Gasteiger charge is -2.29. The molecule has 0 amide bonds. The Labute approximate surface area is 341 Å². The summed E-state index contributed by atoms with van der Waals surface area (Å²) in [4.78, 5) is 0. The highest BCUT2D eigenvalue weighted by Gasteiger charge is 2.26. The Hall–Kier alpha value is -7.22. The lowest BCUT2D eigenvalue weighted by Crippen LogP contribution is -2.13. The van der Waals surface area contributed by atoms with Crippen molar-refractivity contribution in [2.45, 2.75) is 18.8 Å². The molecule has 1 heteroatoms. The highest BCUT2D eigenvalue weighted by molar-refractivity contribution is 6.04. The molecule has 1 aliphatic carbocycles. The van der Waals surface area contributed by atoms with Crippen LogP contribution in [0, 0.1) is 0 Å². The minimum atomic E-state index is 0.439. The third kappa shape index (κ3) is 6.13. The number of anilines is 2. The summed E-state index contributed by atoms with van der Waals surface area (Å²) in [6, 6.07) is 78.2. The molecular formula is C57H41N. The number of fused-ring (bicyclic) bond motifs is 8. The van der Waals surface area contributed by atoms with E-state index in [2.05, 4.69) is 218 Å². The van der Waals surface area contributed by atoms with Crippen molar-refractivity contribution < 1.29 is 0 Å². The second-order valence-corrected chi connectivity index (χ2v) is 15.7. The first-order valence-electron chi connectivity index (χ1n) is 20.4. The topological polar surface area (TPSA) is 12.0 Å². The minimum Gasteiger partial charge on any atom is -0.354 e. The largest absolute Gasteiger partial charge is 0.354 e. The van der Waals surface area contributed by atoms with Crippen LogP contribution in [0.3, 0.4) is 0 Å². The quantitative estimate of drug-likeness (QED) is 0.179. The number of hydrogen-bond acceptors (Lipinski definition) is 1. The molecule has 0 fully saturated rings. The summed E-state index contributed by atoms with van der Waals surface area (Å²) in [5, 5.41) is 4.01. The molecule has 1 heterocycles. The Morgan fingerprint density at radius 1 is 0.345 bits per heavy atom. The Morgan fingerprint density at radius 3 is 1.59 bits per heavy atom. The van der Waals surface area contributed by atoms with Crippen molar-refractivity contribution in [3.8, 4) is 77.9 Å². The monoisotopic (exact) mass is 739 g/mol. The Morgan fingerprint density at radius 2 is 0.879 bits per heavy atom. The van der Waals surface area contributed by atoms with Crippen molar-refractivity contribution in [2.24, 2.45) is 0 Å². The van der Waals surface area contributed by atoms with E-state index in [1.165, 1.54) is 94.6 Å². The SMILES string of the molecule is c1ccc(CC2Cc3ccccc3-c3cc(-c4ccc5c(c4)-c4ccccc4-c4cccc(-c6cc(-c7ccccc7)cc(-c7ccccc7)c6)c4N5)ccc32)cc1. The first-order valence-corrected chi connectivity index (χ1v) is 20.4. The fourth-order valence-electron chi connectivity index (χ4n) is 9.42. The van der Waals surface area contributed by atoms with E-state index in [-0.39, 0.29) is 0 Å². The molecular weight excluding hydrogens is 699 g/mol. The molecule has 1 nitrogen and oxygen atoms in total. The van der Waals surface area contributed by atoms with E-state index < -0.39 is 0 Å². The van der Waals surface area contributed by atoms with Crippen LogP contribution in [0.4, 0.5) is 11.4 Å². The highest BCUT2D eigenvalue weighted by atomic mass is 14.9. The summed E-state index contributed by atoms with van der Waals surface area (Å²) >= 11 is 0. The van der Waals surface area contributed by atoms with Gasteiger partial charge in [-0.2, -0.15) is 0 Å². The summed E-state index contributed by atoms with van der Waals surface area (Å²) in [7, 11) is 0. The molecule has 0 bridgehead atoms. The first-order chi connectivity index (χ1) is 28.7. The van der Waals surface area contributed by atoms with Gasteiger partial charge < -0.3 is 5.32 Å². The Balaban J connectivity index is 1.03. The van der Waals surface area contributed by atoms with E-state index in [0.29, 0.717) is 5.92 Å². The van der Waals surface area contributed by atoms with E-state index in [0.717, 1.165) is 24.2 Å². The van der Waals surface area contributed by atoms with Gasteiger partial charge in [0.15, 0.2) is 0 Å². The number of rotatable bonds is 6. The lowest BCUT2D eigenvalue weighted by atomic mass is 9.75. The predicted molar refractivity (Wildman–Crippen MR) is 244 cm³/mol. The first kappa shape index (κ1) is 34.1. The molecule has 11 rings (SSSR count). The van der Waals surface area contributed by atoms with E-state index >= 15 is 0 Å². The summed E-state index contributed by atoms with van der Waals surface area (Å²) in [5.41, 5.74) is 23.7. The fraction of sp³-hybridized carbons (Fsp3) is 0.0526. The van der Waals surface area contributed by atoms with Gasteiger partial charge in [-0.3, -0.25) is 0 Å². The van der Waals surface area contributed by atoms with Crippen LogP contribution in [-0.4, -0.2) is 0 Å². The van der Waals surface area contributed by atoms with Crippen LogP contribution in [0.5, 0.6) is 0 Å². The molecule has 1 aliphatic heterocycles. The van der Waals surface area contributed by atoms with E-state index in [9.17, 15) is 0 Å². The maximum atomic E-state index is 4.01. The third-order valence-corrected chi connectivity index (χ3v) is 12.2. The lowest BCUT2D eigenvalue weighted by molar-refractivity contribution is 0.673. The van der Waals surface area contributed by atoms with Crippen LogP contribution in [0.15, 0.2) is 212 Å². The second kappa shape index (κ2) is 14.4. The summed E-state index contributed by atoms with van der Waals surface area (Å²) in [6.07, 6.45) is 2.10. The van der Waals surface area contributed by atoms with Crippen molar-refractivity contribution in [3.63, 3.8) is 0 Å². The zero-order valence-electron chi connectivity index (χ0n) is 32.2. The molecule has 58 heavy (non-hydrogen) atoms. The second-order valence-electron chi connectivity index (χ2n) is 15.7. The number of hydrogen-bond donors (Lipinski definition) is 1. The molecule has 0 aromatic heterocycles. The van der Waals surface area contributed by atoms with Gasteiger partial charge in [0.1, 0.15) is 0 Å². The van der Waals surface area contributed by atoms with Crippen LogP contribution < -0.4 is 5.32 Å². The van der Waals surface area contributed by atoms with Crippen LogP contribution >= 0.6 is 0 Å². The Kier molecular flexibility index (Phi) is 8.44. The molecule has 9 aromatic carbocycles. The van der Waals surface area contributed by atoms with Crippen molar-refractivity contribution in [3.05, 3.63) is 229 Å². The van der Waals surface area contributed by atoms with Gasteiger partial charge in [0.2, 0.25) is 0 Å². The number of para-hydroxylation sites is 1. The molecule has 2 aliphatic rings. The molecule has 0 radical (unpaired) electrons. The molecule has 1 atom stereocenters. The van der Waals surface area contributed by atoms with Crippen molar-refractivity contribution >= 4 is 11.4 Å². The van der Waals surface area contributed by atoms with Crippen LogP contribution in [-0.2, 0) is 12.8 Å². The molecule has 274 valence electrons. The fourth-order valence-corrected chi connectivity index (χ4v) is 9.42. The van der Waals surface area contributed by atoms with Gasteiger partial charge >= 0.3 is 0 Å². The molecule has 0 saturated heterocycles. The van der Waals surface area contributed by atoms with Crippen molar-refractivity contribution in [1.29, 1.82) is 0 Å². The maximum Gasteiger partial charge on any atom is 0.0543 e. The normalized spacial score (nSPS) is 13.5. The van der Waals surface area contributed by atoms with Gasteiger partial charge in [0, 0.05) is 22.4 Å². The summed E-state index contributed by atoms with van der Waals surface area (Å²) < 4.78 is 0. The van der Waals surface area contributed by atoms with Crippen LogP contribution in [0.25, 0.3) is 77.9 Å². The van der Waals surface area contributed by atoms with Gasteiger partial charge in [-0.25, -0.2) is 0 Å². The predicted octanol–water partition coefficient (Wildman–Crippen LogP) is 15.3. The molecule has 0 spiro atoms. The van der Waals surface area contributed by atoms with Gasteiger partial charge in [0.05, 0.1) is 5.69 Å². The van der Waals surface area contributed by atoms with Crippen molar-refractivity contribution in [2.75, 3.05) is 5.32 Å². The zero-order chi connectivity index (χ0) is 38.4. The number of benzene rings is 9. The van der Waals surface area contributed by atoms with Crippen LogP contribution in [0.2, 0.25) is 0 Å².